The van der Waals surface area contributed by atoms with Gasteiger partial charge >= 0.3 is 38.6 Å². The third-order valence-electron chi connectivity index (χ3n) is 3.30. The van der Waals surface area contributed by atoms with E-state index < -0.39 is 7.81 Å². The number of likely N-dealkylation sites (N-methyl/N-ethyl adjacent to an activating group) is 1. The van der Waals surface area contributed by atoms with Crippen molar-refractivity contribution in [1.29, 1.82) is 0 Å². The molecule has 0 amide bonds. The molecule has 0 bridgehead atoms. The number of rotatable bonds is 2. The molecule has 0 N–H and O–H groups in total. The molecule has 154 valence electrons. The number of aromatic nitrogens is 4. The topological polar surface area (TPSA) is 73.1 Å². The summed E-state index contributed by atoms with van der Waals surface area (Å²) in [7, 11) is -6.70. The van der Waals surface area contributed by atoms with Crippen LogP contribution in [0.3, 0.4) is 0 Å². The monoisotopic (exact) mass is 422 g/mol. The van der Waals surface area contributed by atoms with Gasteiger partial charge in [-0.3, -0.25) is 9.48 Å². The molecule has 2 aromatic rings. The normalized spacial score (nSPS) is 22.3. The van der Waals surface area contributed by atoms with Gasteiger partial charge in [0.15, 0.2) is 0 Å². The van der Waals surface area contributed by atoms with Gasteiger partial charge in [-0.15, -0.1) is 9.83 Å². The first-order valence-electron chi connectivity index (χ1n) is 7.47. The summed E-state index contributed by atoms with van der Waals surface area (Å²) in [5.41, 5.74) is 1.01. The van der Waals surface area contributed by atoms with Gasteiger partial charge in [-0.2, -0.15) is 0 Å². The van der Waals surface area contributed by atoms with Gasteiger partial charge in [0.25, 0.3) is 0 Å². The molecule has 15 heteroatoms. The van der Waals surface area contributed by atoms with Gasteiger partial charge < -0.3 is 9.94 Å². The summed E-state index contributed by atoms with van der Waals surface area (Å²) in [6.07, 6.45) is 3.45. The molecule has 0 radical (unpaired) electrons. The molecular formula is C12H17F6N6O2P. The van der Waals surface area contributed by atoms with Crippen LogP contribution >= 0.6 is 7.81 Å². The SMILES string of the molecule is CN(C)C1C[N+](=Cn2n[n+]([O-])c3ncccc32)CCO1.F[P-](F)(F)(F)(F)F. The second-order valence-corrected chi connectivity index (χ2v) is 7.83. The van der Waals surface area contributed by atoms with Crippen LogP contribution in [0, 0.1) is 5.21 Å². The molecule has 27 heavy (non-hydrogen) atoms. The van der Waals surface area contributed by atoms with Crippen molar-refractivity contribution in [1.82, 2.24) is 19.8 Å². The maximum atomic E-state index is 11.7. The first-order chi connectivity index (χ1) is 12.1. The van der Waals surface area contributed by atoms with Crippen LogP contribution in [-0.2, 0) is 4.74 Å². The molecule has 0 spiro atoms. The zero-order chi connectivity index (χ0) is 20.5. The van der Waals surface area contributed by atoms with Crippen molar-refractivity contribution >= 4 is 25.3 Å². The van der Waals surface area contributed by atoms with Crippen LogP contribution in [0.2, 0.25) is 0 Å². The van der Waals surface area contributed by atoms with E-state index in [1.165, 1.54) is 0 Å². The Morgan fingerprint density at radius 3 is 2.52 bits per heavy atom. The van der Waals surface area contributed by atoms with Gasteiger partial charge in [0.05, 0.1) is 6.61 Å². The molecule has 1 saturated heterocycles. The van der Waals surface area contributed by atoms with E-state index in [0.29, 0.717) is 22.6 Å². The van der Waals surface area contributed by atoms with E-state index in [9.17, 15) is 30.4 Å². The summed E-state index contributed by atoms with van der Waals surface area (Å²) >= 11 is 0. The fraction of sp³-hybridized carbons (Fsp3) is 0.500. The maximum absolute atomic E-state index is 11.7. The van der Waals surface area contributed by atoms with E-state index in [4.69, 9.17) is 4.74 Å². The minimum atomic E-state index is -10.7. The van der Waals surface area contributed by atoms with Gasteiger partial charge in [0.2, 0.25) is 11.9 Å². The number of morpholine rings is 1. The Kier molecular flexibility index (Phi) is 5.14. The van der Waals surface area contributed by atoms with Gasteiger partial charge in [-0.25, -0.2) is 0 Å². The van der Waals surface area contributed by atoms with Crippen molar-refractivity contribution in [3.05, 3.63) is 23.5 Å². The Hall–Kier alpha value is -2.05. The average molecular weight is 422 g/mol. The number of nitrogens with zero attached hydrogens (tertiary/aromatic N) is 6. The van der Waals surface area contributed by atoms with Crippen molar-refractivity contribution in [3.63, 3.8) is 0 Å². The van der Waals surface area contributed by atoms with Crippen LogP contribution < -0.4 is 4.85 Å². The Morgan fingerprint density at radius 1 is 1.30 bits per heavy atom. The average Bonchev–Trinajstić information content (AvgIpc) is 2.81. The van der Waals surface area contributed by atoms with E-state index in [1.807, 2.05) is 31.4 Å². The number of hydrogen-bond donors (Lipinski definition) is 0. The molecule has 2 aromatic heterocycles. The van der Waals surface area contributed by atoms with E-state index in [1.54, 1.807) is 16.9 Å². The van der Waals surface area contributed by atoms with Crippen molar-refractivity contribution in [3.8, 4) is 0 Å². The molecule has 3 rings (SSSR count). The van der Waals surface area contributed by atoms with E-state index in [2.05, 4.69) is 14.8 Å². The molecular weight excluding hydrogens is 405 g/mol. The number of hydrogen-bond acceptors (Lipinski definition) is 5. The second-order valence-electron chi connectivity index (χ2n) is 5.91. The summed E-state index contributed by atoms with van der Waals surface area (Å²) in [5.74, 6) is 0. The molecule has 1 atom stereocenters. The van der Waals surface area contributed by atoms with Crippen LogP contribution in [0.25, 0.3) is 11.2 Å². The third kappa shape index (κ3) is 7.61. The van der Waals surface area contributed by atoms with Crippen LogP contribution in [0.1, 0.15) is 0 Å². The molecule has 3 heterocycles. The van der Waals surface area contributed by atoms with E-state index in [0.717, 1.165) is 13.1 Å². The second kappa shape index (κ2) is 6.53. The Morgan fingerprint density at radius 2 is 1.93 bits per heavy atom. The Labute approximate surface area is 149 Å². The number of ether oxygens (including phenoxy) is 1. The van der Waals surface area contributed by atoms with Gasteiger partial charge in [-0.05, 0) is 26.2 Å². The molecule has 0 aliphatic carbocycles. The first kappa shape index (κ1) is 21.3. The fourth-order valence-corrected chi connectivity index (χ4v) is 2.20. The first-order valence-corrected chi connectivity index (χ1v) is 9.49. The quantitative estimate of drug-likeness (QED) is 0.244. The zero-order valence-electron chi connectivity index (χ0n) is 14.2. The van der Waals surface area contributed by atoms with Crippen molar-refractivity contribution in [2.45, 2.75) is 6.23 Å². The van der Waals surface area contributed by atoms with Gasteiger partial charge in [0.1, 0.15) is 25.5 Å². The molecule has 0 aromatic carbocycles. The summed E-state index contributed by atoms with van der Waals surface area (Å²) < 4.78 is 68.5. The van der Waals surface area contributed by atoms with Crippen LogP contribution in [0.5, 0.6) is 0 Å². The molecule has 1 unspecified atom stereocenters. The predicted octanol–water partition coefficient (Wildman–Crippen LogP) is 2.25. The molecule has 1 aliphatic rings. The molecule has 1 aliphatic heterocycles. The Bertz CT molecular complexity index is 842. The number of fused-ring (bicyclic) bond motifs is 1. The number of pyridine rings is 1. The van der Waals surface area contributed by atoms with Crippen LogP contribution in [0.15, 0.2) is 18.3 Å². The molecule has 1 fully saturated rings. The summed E-state index contributed by atoms with van der Waals surface area (Å²) in [6.45, 7) is 2.15. The van der Waals surface area contributed by atoms with E-state index in [-0.39, 0.29) is 6.23 Å². The van der Waals surface area contributed by atoms with Crippen molar-refractivity contribution < 1.29 is 39.3 Å². The third-order valence-corrected chi connectivity index (χ3v) is 3.30. The van der Waals surface area contributed by atoms with Crippen molar-refractivity contribution in [2.24, 2.45) is 0 Å². The predicted molar refractivity (Wildman–Crippen MR) is 84.9 cm³/mol. The van der Waals surface area contributed by atoms with Crippen molar-refractivity contribution in [2.75, 3.05) is 33.8 Å². The summed E-state index contributed by atoms with van der Waals surface area (Å²) in [5, 5.41) is 15.6. The van der Waals surface area contributed by atoms with Crippen LogP contribution in [0.4, 0.5) is 25.2 Å². The van der Waals surface area contributed by atoms with Crippen LogP contribution in [-0.4, -0.2) is 70.7 Å². The summed E-state index contributed by atoms with van der Waals surface area (Å²) in [6, 6.07) is 3.61. The number of halogens is 6. The fourth-order valence-electron chi connectivity index (χ4n) is 2.20. The molecule has 8 nitrogen and oxygen atoms in total. The standard InChI is InChI=1S/C12H17N6O2.F6P/c1-15(2)11-8-16(6-7-20-11)9-17-10-4-3-5-13-12(10)18(19)14-17;1-7(2,3,4,5)6/h3-5,9,11H,6-8H2,1-2H3;/q+1;-1. The Balaban J connectivity index is 0.000000321. The summed E-state index contributed by atoms with van der Waals surface area (Å²) in [4.78, 5) is 6.60. The molecule has 0 saturated carbocycles. The van der Waals surface area contributed by atoms with Gasteiger partial charge in [-0.1, -0.05) is 4.68 Å². The van der Waals surface area contributed by atoms with Gasteiger partial charge in [0, 0.05) is 5.21 Å². The zero-order valence-corrected chi connectivity index (χ0v) is 15.1. The minimum absolute atomic E-state index is 0.0410. The van der Waals surface area contributed by atoms with E-state index >= 15 is 0 Å².